The number of pyridine rings is 1. The van der Waals surface area contributed by atoms with Crippen LogP contribution in [-0.4, -0.2) is 41.5 Å². The van der Waals surface area contributed by atoms with Crippen LogP contribution in [0.4, 0.5) is 5.69 Å². The zero-order valence-corrected chi connectivity index (χ0v) is 18.0. The first-order chi connectivity index (χ1) is 14.6. The van der Waals surface area contributed by atoms with Gasteiger partial charge in [0.15, 0.2) is 5.76 Å². The molecule has 4 rings (SSSR count). The van der Waals surface area contributed by atoms with E-state index in [1.165, 1.54) is 44.0 Å². The van der Waals surface area contributed by atoms with Gasteiger partial charge in [-0.05, 0) is 50.1 Å². The number of aromatic nitrogens is 1. The van der Waals surface area contributed by atoms with Crippen molar-refractivity contribution in [3.63, 3.8) is 0 Å². The molecule has 1 aliphatic rings. The molecule has 30 heavy (non-hydrogen) atoms. The third-order valence-electron chi connectivity index (χ3n) is 5.55. The van der Waals surface area contributed by atoms with Gasteiger partial charge in [0.2, 0.25) is 0 Å². The second kappa shape index (κ2) is 8.97. The van der Waals surface area contributed by atoms with E-state index in [-0.39, 0.29) is 5.76 Å². The van der Waals surface area contributed by atoms with E-state index >= 15 is 0 Å². The lowest BCUT2D eigenvalue weighted by Gasteiger charge is -2.34. The lowest BCUT2D eigenvalue weighted by atomic mass is 10.00. The Labute approximate surface area is 179 Å². The number of methoxy groups -OCH3 is 1. The number of nitrogens with zero attached hydrogens (tertiary/aromatic N) is 2. The number of piperidine rings is 1. The van der Waals surface area contributed by atoms with Gasteiger partial charge in [-0.2, -0.15) is 0 Å². The molecule has 1 fully saturated rings. The lowest BCUT2D eigenvalue weighted by molar-refractivity contribution is 0.0607. The highest BCUT2D eigenvalue weighted by Crippen LogP contribution is 2.36. The quantitative estimate of drug-likeness (QED) is 0.575. The summed E-state index contributed by atoms with van der Waals surface area (Å²) in [4.78, 5) is 33.1. The Morgan fingerprint density at radius 2 is 2.20 bits per heavy atom. The Hall–Kier alpha value is -2.71. The number of amides is 1. The van der Waals surface area contributed by atoms with Crippen LogP contribution in [0, 0.1) is 0 Å². The molecule has 3 aromatic rings. The van der Waals surface area contributed by atoms with Crippen molar-refractivity contribution in [2.24, 2.45) is 0 Å². The minimum atomic E-state index is -0.503. The number of fused-ring (bicyclic) bond motifs is 1. The van der Waals surface area contributed by atoms with Crippen molar-refractivity contribution >= 4 is 39.1 Å². The molecule has 0 aromatic carbocycles. The van der Waals surface area contributed by atoms with E-state index in [4.69, 9.17) is 14.1 Å². The fourth-order valence-electron chi connectivity index (χ4n) is 3.99. The first-order valence-electron chi connectivity index (χ1n) is 10.2. The molecule has 0 spiro atoms. The average Bonchev–Trinajstić information content (AvgIpc) is 3.42. The van der Waals surface area contributed by atoms with Crippen molar-refractivity contribution in [1.82, 2.24) is 9.88 Å². The summed E-state index contributed by atoms with van der Waals surface area (Å²) in [7, 11) is 1.32. The van der Waals surface area contributed by atoms with E-state index < -0.39 is 11.9 Å². The number of esters is 1. The molecule has 0 saturated carbocycles. The Kier molecular flexibility index (Phi) is 6.15. The number of hydrogen-bond acceptors (Lipinski definition) is 7. The second-order valence-corrected chi connectivity index (χ2v) is 8.41. The number of rotatable bonds is 6. The van der Waals surface area contributed by atoms with Crippen LogP contribution in [0.2, 0.25) is 0 Å². The number of likely N-dealkylation sites (tertiary alicyclic amines) is 1. The molecule has 0 aliphatic carbocycles. The van der Waals surface area contributed by atoms with Gasteiger partial charge >= 0.3 is 5.97 Å². The third kappa shape index (κ3) is 4.11. The van der Waals surface area contributed by atoms with E-state index in [0.29, 0.717) is 21.4 Å². The number of hydrogen-bond donors (Lipinski definition) is 1. The molecule has 1 atom stereocenters. The summed E-state index contributed by atoms with van der Waals surface area (Å²) in [6.07, 6.45) is 6.30. The van der Waals surface area contributed by atoms with Crippen LogP contribution in [0.3, 0.4) is 0 Å². The van der Waals surface area contributed by atoms with Gasteiger partial charge in [0.05, 0.1) is 24.8 Å². The van der Waals surface area contributed by atoms with Crippen LogP contribution in [0.5, 0.6) is 0 Å². The zero-order valence-electron chi connectivity index (χ0n) is 17.1. The van der Waals surface area contributed by atoms with E-state index in [0.717, 1.165) is 30.6 Å². The molecule has 8 heteroatoms. The summed E-state index contributed by atoms with van der Waals surface area (Å²) in [6.45, 7) is 4.10. The summed E-state index contributed by atoms with van der Waals surface area (Å²) in [5.74, 6) is -0.755. The minimum absolute atomic E-state index is 0.172. The van der Waals surface area contributed by atoms with Crippen LogP contribution in [0.25, 0.3) is 10.2 Å². The molecule has 3 aromatic heterocycles. The summed E-state index contributed by atoms with van der Waals surface area (Å²) in [5, 5.41) is 3.51. The fraction of sp³-hybridized carbons (Fsp3) is 0.409. The number of carbonyl (C=O) groups is 2. The van der Waals surface area contributed by atoms with Gasteiger partial charge in [0, 0.05) is 18.0 Å². The van der Waals surface area contributed by atoms with Crippen molar-refractivity contribution in [3.8, 4) is 0 Å². The standard InChI is InChI=1S/C22H25N3O4S/c1-3-15-7-4-5-11-25(15)13-14-9-10-16-18(24-20(26)17-8-6-12-29-17)19(22(27)28-2)30-21(16)23-14/h6,8-10,12,15H,3-5,7,11,13H2,1-2H3,(H,24,26)/t15-/m1/s1. The number of ether oxygens (including phenoxy) is 1. The van der Waals surface area contributed by atoms with Gasteiger partial charge < -0.3 is 14.5 Å². The molecule has 7 nitrogen and oxygen atoms in total. The highest BCUT2D eigenvalue weighted by molar-refractivity contribution is 7.21. The molecule has 1 aliphatic heterocycles. The van der Waals surface area contributed by atoms with Crippen molar-refractivity contribution in [3.05, 3.63) is 46.9 Å². The Morgan fingerprint density at radius 3 is 2.93 bits per heavy atom. The zero-order chi connectivity index (χ0) is 21.1. The van der Waals surface area contributed by atoms with Crippen LogP contribution in [0.1, 0.15) is 58.5 Å². The normalized spacial score (nSPS) is 17.2. The van der Waals surface area contributed by atoms with Crippen molar-refractivity contribution in [2.45, 2.75) is 45.2 Å². The third-order valence-corrected chi connectivity index (χ3v) is 6.63. The van der Waals surface area contributed by atoms with Crippen molar-refractivity contribution < 1.29 is 18.7 Å². The van der Waals surface area contributed by atoms with Gasteiger partial charge in [0.1, 0.15) is 9.71 Å². The minimum Gasteiger partial charge on any atom is -0.465 e. The molecule has 1 N–H and O–H groups in total. The average molecular weight is 428 g/mol. The Bertz CT molecular complexity index is 1040. The van der Waals surface area contributed by atoms with Crippen LogP contribution in [-0.2, 0) is 11.3 Å². The SMILES string of the molecule is CC[C@@H]1CCCCN1Cc1ccc2c(NC(=O)c3ccco3)c(C(=O)OC)sc2n1. The smallest absolute Gasteiger partial charge is 0.350 e. The van der Waals surface area contributed by atoms with E-state index in [9.17, 15) is 9.59 Å². The Balaban J connectivity index is 1.65. The van der Waals surface area contributed by atoms with Gasteiger partial charge in [-0.1, -0.05) is 13.3 Å². The van der Waals surface area contributed by atoms with Crippen molar-refractivity contribution in [1.29, 1.82) is 0 Å². The second-order valence-electron chi connectivity index (χ2n) is 7.41. The first kappa shape index (κ1) is 20.6. The maximum atomic E-state index is 12.5. The molecular formula is C22H25N3O4S. The Morgan fingerprint density at radius 1 is 1.33 bits per heavy atom. The van der Waals surface area contributed by atoms with Crippen LogP contribution >= 0.6 is 11.3 Å². The molecule has 0 radical (unpaired) electrons. The predicted molar refractivity (Wildman–Crippen MR) is 116 cm³/mol. The summed E-state index contributed by atoms with van der Waals surface area (Å²) >= 11 is 1.23. The molecule has 1 amide bonds. The van der Waals surface area contributed by atoms with Gasteiger partial charge in [-0.25, -0.2) is 9.78 Å². The number of nitrogens with one attached hydrogen (secondary N) is 1. The first-order valence-corrected chi connectivity index (χ1v) is 11.0. The largest absolute Gasteiger partial charge is 0.465 e. The molecule has 0 unspecified atom stereocenters. The molecule has 1 saturated heterocycles. The number of furan rings is 1. The number of anilines is 1. The highest BCUT2D eigenvalue weighted by atomic mass is 32.1. The maximum Gasteiger partial charge on any atom is 0.350 e. The lowest BCUT2D eigenvalue weighted by Crippen LogP contribution is -2.38. The van der Waals surface area contributed by atoms with E-state index in [1.54, 1.807) is 12.1 Å². The fourth-order valence-corrected chi connectivity index (χ4v) is 5.05. The van der Waals surface area contributed by atoms with E-state index in [2.05, 4.69) is 17.1 Å². The highest BCUT2D eigenvalue weighted by Gasteiger charge is 2.24. The van der Waals surface area contributed by atoms with E-state index in [1.807, 2.05) is 12.1 Å². The topological polar surface area (TPSA) is 84.7 Å². The molecule has 0 bridgehead atoms. The number of carbonyl (C=O) groups excluding carboxylic acids is 2. The van der Waals surface area contributed by atoms with Gasteiger partial charge in [-0.3, -0.25) is 9.69 Å². The maximum absolute atomic E-state index is 12.5. The monoisotopic (exact) mass is 427 g/mol. The summed E-state index contributed by atoms with van der Waals surface area (Å²) < 4.78 is 10.1. The van der Waals surface area contributed by atoms with Gasteiger partial charge in [-0.15, -0.1) is 11.3 Å². The number of thiophene rings is 1. The van der Waals surface area contributed by atoms with Crippen molar-refractivity contribution in [2.75, 3.05) is 19.0 Å². The molecule has 4 heterocycles. The molecule has 158 valence electrons. The predicted octanol–water partition coefficient (Wildman–Crippen LogP) is 4.69. The summed E-state index contributed by atoms with van der Waals surface area (Å²) in [6, 6.07) is 7.69. The molecular weight excluding hydrogens is 402 g/mol. The van der Waals surface area contributed by atoms with Crippen LogP contribution < -0.4 is 5.32 Å². The summed E-state index contributed by atoms with van der Waals surface area (Å²) in [5.41, 5.74) is 1.37. The van der Waals surface area contributed by atoms with Gasteiger partial charge in [0.25, 0.3) is 5.91 Å². The van der Waals surface area contributed by atoms with Crippen LogP contribution in [0.15, 0.2) is 34.9 Å².